The van der Waals surface area contributed by atoms with E-state index >= 15 is 0 Å². The van der Waals surface area contributed by atoms with Crippen LogP contribution >= 0.6 is 59.5 Å². The van der Waals surface area contributed by atoms with Gasteiger partial charge in [-0.25, -0.2) is 31.5 Å². The van der Waals surface area contributed by atoms with Crippen molar-refractivity contribution in [3.05, 3.63) is 148 Å². The maximum atomic E-state index is 13.0. The van der Waals surface area contributed by atoms with Gasteiger partial charge in [-0.3, -0.25) is 29.3 Å². The fourth-order valence-corrected chi connectivity index (χ4v) is 10.3. The molecule has 0 amide bonds. The van der Waals surface area contributed by atoms with Gasteiger partial charge in [0, 0.05) is 36.9 Å². The number of pyridine rings is 4. The third-order valence-electron chi connectivity index (χ3n) is 11.5. The number of fused-ring (bicyclic) bond motifs is 2. The van der Waals surface area contributed by atoms with Gasteiger partial charge in [-0.2, -0.15) is 10.2 Å². The Morgan fingerprint density at radius 3 is 1.65 bits per heavy atom. The van der Waals surface area contributed by atoms with E-state index < -0.39 is 20.0 Å². The molecule has 418 valence electrons. The van der Waals surface area contributed by atoms with Crippen molar-refractivity contribution in [1.29, 1.82) is 0 Å². The van der Waals surface area contributed by atoms with E-state index in [0.29, 0.717) is 49.3 Å². The van der Waals surface area contributed by atoms with Gasteiger partial charge < -0.3 is 20.8 Å². The van der Waals surface area contributed by atoms with Crippen molar-refractivity contribution in [1.82, 2.24) is 50.5 Å². The molecule has 2 atom stereocenters. The van der Waals surface area contributed by atoms with Crippen molar-refractivity contribution in [3.63, 3.8) is 0 Å². The molecule has 0 unspecified atom stereocenters. The number of H-pyrrole nitrogens is 1. The molecular formula is C51H60BrCl2CsCuIN12O7S2. The molecule has 2 aromatic carbocycles. The minimum Gasteiger partial charge on any atom is -0.276 e. The van der Waals surface area contributed by atoms with Gasteiger partial charge in [0.1, 0.15) is 15.6 Å². The first-order valence-corrected chi connectivity index (χ1v) is 31.0. The number of nitrogens with zero attached hydrogens (tertiary/aromatic N) is 7. The summed E-state index contributed by atoms with van der Waals surface area (Å²) in [6, 6.07) is 25.5. The molecule has 5 N–H and O–H groups in total. The number of likely N-dealkylation sites (N-methyl/N-ethyl adjacent to an activating group) is 2. The number of halogens is 4. The second-order valence-corrected chi connectivity index (χ2v) is 23.8. The topological polar surface area (TPSA) is 264 Å². The molecule has 1 aliphatic carbocycles. The van der Waals surface area contributed by atoms with E-state index in [1.807, 2.05) is 42.5 Å². The number of nitrogens with one attached hydrogen (secondary N) is 5. The average Bonchev–Trinajstić information content (AvgIpc) is 4.12. The van der Waals surface area contributed by atoms with Crippen LogP contribution in [0.15, 0.2) is 137 Å². The first-order chi connectivity index (χ1) is 36.5. The summed E-state index contributed by atoms with van der Waals surface area (Å²) < 4.78 is 57.9. The monoisotopic (exact) mass is 1490 g/mol. The van der Waals surface area contributed by atoms with E-state index in [0.717, 1.165) is 22.2 Å². The number of rotatable bonds is 10. The summed E-state index contributed by atoms with van der Waals surface area (Å²) >= 11 is 21.0. The van der Waals surface area contributed by atoms with Crippen molar-refractivity contribution in [3.8, 4) is 5.82 Å². The third-order valence-corrected chi connectivity index (χ3v) is 15.3. The molecule has 0 aliphatic heterocycles. The van der Waals surface area contributed by atoms with Gasteiger partial charge in [-0.15, -0.1) is 0 Å². The van der Waals surface area contributed by atoms with Gasteiger partial charge in [-0.1, -0.05) is 102 Å². The van der Waals surface area contributed by atoms with E-state index in [2.05, 4.69) is 145 Å². The zero-order valence-corrected chi connectivity index (χ0v) is 58.3. The van der Waals surface area contributed by atoms with Gasteiger partial charge in [-0.05, 0) is 125 Å². The van der Waals surface area contributed by atoms with E-state index in [9.17, 15) is 16.8 Å². The van der Waals surface area contributed by atoms with Crippen molar-refractivity contribution in [2.45, 2.75) is 99.9 Å². The van der Waals surface area contributed by atoms with Crippen molar-refractivity contribution in [2.24, 2.45) is 0 Å². The van der Waals surface area contributed by atoms with E-state index in [4.69, 9.17) is 33.3 Å². The first-order valence-electron chi connectivity index (χ1n) is 23.5. The fourth-order valence-electron chi connectivity index (χ4n) is 7.48. The minimum atomic E-state index is -3.86. The summed E-state index contributed by atoms with van der Waals surface area (Å²) in [5.41, 5.74) is 5.78. The normalized spacial score (nSPS) is 14.1. The Labute approximate surface area is 552 Å². The molecule has 0 saturated heterocycles. The van der Waals surface area contributed by atoms with Gasteiger partial charge in [0.25, 0.3) is 26.5 Å². The fraction of sp³-hybridized carbons (Fsp3) is 0.314. The van der Waals surface area contributed by atoms with Crippen LogP contribution in [0.4, 0.5) is 11.4 Å². The second-order valence-electron chi connectivity index (χ2n) is 18.8. The Bertz CT molecular complexity index is 3320. The Balaban J connectivity index is 0.000000289. The summed E-state index contributed by atoms with van der Waals surface area (Å²) in [5.74, 6) is 0.303. The van der Waals surface area contributed by atoms with Crippen LogP contribution in [0.25, 0.3) is 27.9 Å². The van der Waals surface area contributed by atoms with Crippen molar-refractivity contribution in [2.75, 3.05) is 23.5 Å². The number of carbonyl (C=O) groups excluding carboxylic acids is 1. The van der Waals surface area contributed by atoms with Crippen LogP contribution in [0.2, 0.25) is 10.0 Å². The predicted octanol–water partition coefficient (Wildman–Crippen LogP) is 7.18. The van der Waals surface area contributed by atoms with Gasteiger partial charge in [0.05, 0.1) is 54.6 Å². The van der Waals surface area contributed by atoms with Gasteiger partial charge in [0.2, 0.25) is 0 Å². The second kappa shape index (κ2) is 33.3. The molecular weight excluding hydrogens is 1430 g/mol. The molecule has 0 spiro atoms. The summed E-state index contributed by atoms with van der Waals surface area (Å²) in [6.07, 6.45) is 15.0. The molecule has 1 aliphatic rings. The minimum absolute atomic E-state index is 0. The Hall–Kier alpha value is -2.81. The average molecular weight is 1490 g/mol. The van der Waals surface area contributed by atoms with Crippen molar-refractivity contribution >= 4 is 119 Å². The zero-order valence-electron chi connectivity index (χ0n) is 44.2. The smallest absolute Gasteiger partial charge is 0.108 e. The summed E-state index contributed by atoms with van der Waals surface area (Å²) in [6.45, 7) is 12.3. The molecule has 78 heavy (non-hydrogen) atoms. The van der Waals surface area contributed by atoms with Crippen molar-refractivity contribution < 1.29 is 113 Å². The van der Waals surface area contributed by atoms with Crippen LogP contribution in [0.3, 0.4) is 0 Å². The van der Waals surface area contributed by atoms with Crippen LogP contribution in [-0.2, 0) is 53.3 Å². The number of aromatic amines is 1. The summed E-state index contributed by atoms with van der Waals surface area (Å²) in [4.78, 5) is 28.1. The molecule has 6 aromatic heterocycles. The number of aromatic nitrogens is 8. The van der Waals surface area contributed by atoms with E-state index in [1.165, 1.54) is 54.9 Å². The molecule has 6 heterocycles. The number of carbonyl (C=O) groups is 1. The number of hydrogen-bond donors (Lipinski definition) is 5. The Kier molecular flexibility index (Phi) is 29.7. The molecule has 0 bridgehead atoms. The summed E-state index contributed by atoms with van der Waals surface area (Å²) in [5, 5.41) is 26.7. The number of hydrogen-bond acceptors (Lipinski definition) is 15. The maximum absolute atomic E-state index is 13.0. The standard InChI is InChI=1S/C21H20ClN5O2S.C15H16BrClN2O2S.C8H18N2.C6H5N3.CH2O3.Cs.Cu.HI/c1-21(2,3)14-6-8-16(9-7-14)30(28,29)26-17-11-15(22)12-24-20(17)27-19-5-4-10-23-18(19)13-25-27;1-15(2,3)10-4-6-12(7-5-10)22(20,21)19-13-8-11(17)9-18-14(13)16;1-9-7-5-3-4-6-8(7)10-2;1-2-5-6(7-3-1)4-8-9-5;2-1-4-3;;;/h4-13,26H,1-3H3;4-9,19H,1-3H3;7-10H,3-6H2,1-2H3;1-4H,(H,8,9);1,3H;;;1H/q;;;;;2*+1;/p-2/t;;7-,8-;;;;;/m..1...../s1. The first kappa shape index (κ1) is 69.5. The van der Waals surface area contributed by atoms with Crippen LogP contribution in [-0.4, -0.2) is 89.4 Å². The predicted molar refractivity (Wildman–Crippen MR) is 310 cm³/mol. The molecule has 8 aromatic rings. The molecule has 1 fully saturated rings. The molecule has 0 radical (unpaired) electrons. The Morgan fingerprint density at radius 2 is 1.18 bits per heavy atom. The maximum Gasteiger partial charge on any atom is 0.108 e. The van der Waals surface area contributed by atoms with Crippen LogP contribution in [0.5, 0.6) is 0 Å². The summed E-state index contributed by atoms with van der Waals surface area (Å²) in [7, 11) is -3.45. The Morgan fingerprint density at radius 1 is 0.718 bits per heavy atom. The SMILES string of the molecule is CC(C)(C)c1ccc(S(=O)(=O)Nc2cc(Cl)cnc2-n2ncc3ncccc32)cc1.CC(C)(C)c1ccc(S(=O)(=O)Nc2cc(Cl)cnc2Br)cc1.CN[C@@H]1CCCC[C@H]1NC.O=CO[O-].[Cs+].[Cu][I].c1cnc2cn[nH]c2c1. The number of benzene rings is 2. The van der Waals surface area contributed by atoms with Gasteiger partial charge in [0.15, 0.2) is 5.82 Å². The molecule has 19 nitrogen and oxygen atoms in total. The van der Waals surface area contributed by atoms with Crippen LogP contribution in [0.1, 0.15) is 78.4 Å². The number of anilines is 2. The van der Waals surface area contributed by atoms with Crippen LogP contribution in [0, 0.1) is 0 Å². The van der Waals surface area contributed by atoms with E-state index in [1.54, 1.807) is 75.5 Å². The van der Waals surface area contributed by atoms with E-state index in [-0.39, 0.29) is 102 Å². The zero-order chi connectivity index (χ0) is 57.0. The third kappa shape index (κ3) is 21.2. The molecule has 9 rings (SSSR count). The molecule has 27 heteroatoms. The van der Waals surface area contributed by atoms with Crippen LogP contribution < -0.4 is 94.2 Å². The quantitative estimate of drug-likeness (QED) is 0.0227. The van der Waals surface area contributed by atoms with Gasteiger partial charge >= 0.3 is 102 Å². The number of sulfonamides is 2. The largest absolute Gasteiger partial charge is 0.276 e. The molecule has 1 saturated carbocycles.